The number of rotatable bonds is 3. The molecule has 2 atom stereocenters. The highest BCUT2D eigenvalue weighted by atomic mass is 35.5. The standard InChI is InChI=1S/C20H28ClN3O2/c1-20(2,3)26-19(25)24-11-15-9-23(10-16(15)12-24)8-13-6-17(14-4-5-14)18(21)22-7-13/h6-7,14-16H,4-5,8-12H2,1-3H3/t15-,16-/m1/s1. The van der Waals surface area contributed by atoms with Crippen molar-refractivity contribution in [3.63, 3.8) is 0 Å². The molecule has 5 nitrogen and oxygen atoms in total. The van der Waals surface area contributed by atoms with E-state index in [2.05, 4.69) is 16.0 Å². The summed E-state index contributed by atoms with van der Waals surface area (Å²) in [5, 5.41) is 0.669. The minimum Gasteiger partial charge on any atom is -0.444 e. The molecular formula is C20H28ClN3O2. The molecule has 1 aliphatic carbocycles. The third-order valence-electron chi connectivity index (χ3n) is 5.56. The Balaban J connectivity index is 1.32. The van der Waals surface area contributed by atoms with Gasteiger partial charge in [0.25, 0.3) is 0 Å². The quantitative estimate of drug-likeness (QED) is 0.749. The molecule has 0 bridgehead atoms. The number of nitrogens with zero attached hydrogens (tertiary/aromatic N) is 3. The molecule has 0 spiro atoms. The minimum absolute atomic E-state index is 0.172. The third-order valence-corrected chi connectivity index (χ3v) is 5.88. The summed E-state index contributed by atoms with van der Waals surface area (Å²) in [5.74, 6) is 1.71. The van der Waals surface area contributed by atoms with Crippen LogP contribution in [-0.4, -0.2) is 52.7 Å². The SMILES string of the molecule is CC(C)(C)OC(=O)N1C[C@H]2CN(Cc3cnc(Cl)c(C4CC4)c3)C[C@@H]2C1. The third kappa shape index (κ3) is 3.99. The van der Waals surface area contributed by atoms with Crippen LogP contribution in [0, 0.1) is 11.8 Å². The Morgan fingerprint density at radius 1 is 1.23 bits per heavy atom. The van der Waals surface area contributed by atoms with Crippen molar-refractivity contribution in [3.05, 3.63) is 28.5 Å². The zero-order valence-electron chi connectivity index (χ0n) is 15.9. The summed E-state index contributed by atoms with van der Waals surface area (Å²) < 4.78 is 5.51. The van der Waals surface area contributed by atoms with Gasteiger partial charge in [0.05, 0.1) is 0 Å². The maximum Gasteiger partial charge on any atom is 0.410 e. The van der Waals surface area contributed by atoms with Crippen molar-refractivity contribution < 1.29 is 9.53 Å². The lowest BCUT2D eigenvalue weighted by Crippen LogP contribution is -2.37. The molecule has 2 aliphatic heterocycles. The fourth-order valence-electron chi connectivity index (χ4n) is 4.23. The number of ether oxygens (including phenoxy) is 1. The molecule has 1 aromatic rings. The van der Waals surface area contributed by atoms with Gasteiger partial charge >= 0.3 is 6.09 Å². The van der Waals surface area contributed by atoms with E-state index < -0.39 is 5.60 Å². The molecule has 26 heavy (non-hydrogen) atoms. The lowest BCUT2D eigenvalue weighted by molar-refractivity contribution is 0.0274. The Kier molecular flexibility index (Phi) is 4.64. The fourth-order valence-corrected chi connectivity index (χ4v) is 4.49. The van der Waals surface area contributed by atoms with Gasteiger partial charge < -0.3 is 9.64 Å². The van der Waals surface area contributed by atoms with Gasteiger partial charge in [-0.3, -0.25) is 4.90 Å². The second-order valence-corrected chi connectivity index (χ2v) is 9.46. The second-order valence-electron chi connectivity index (χ2n) is 9.10. The molecule has 3 heterocycles. The zero-order chi connectivity index (χ0) is 18.5. The van der Waals surface area contributed by atoms with Crippen molar-refractivity contribution in [2.24, 2.45) is 11.8 Å². The van der Waals surface area contributed by atoms with Crippen LogP contribution in [-0.2, 0) is 11.3 Å². The van der Waals surface area contributed by atoms with Crippen LogP contribution in [0.1, 0.15) is 50.7 Å². The number of halogens is 1. The summed E-state index contributed by atoms with van der Waals surface area (Å²) in [4.78, 5) is 21.0. The summed E-state index contributed by atoms with van der Waals surface area (Å²) in [6.45, 7) is 10.4. The van der Waals surface area contributed by atoms with Gasteiger partial charge in [0, 0.05) is 38.9 Å². The molecule has 0 radical (unpaired) electrons. The highest BCUT2D eigenvalue weighted by molar-refractivity contribution is 6.30. The van der Waals surface area contributed by atoms with Gasteiger partial charge in [-0.25, -0.2) is 9.78 Å². The van der Waals surface area contributed by atoms with E-state index in [0.717, 1.165) is 32.7 Å². The first-order valence-corrected chi connectivity index (χ1v) is 10.0. The summed E-state index contributed by atoms with van der Waals surface area (Å²) in [5.41, 5.74) is 2.04. The van der Waals surface area contributed by atoms with E-state index in [1.807, 2.05) is 31.9 Å². The second kappa shape index (κ2) is 6.68. The topological polar surface area (TPSA) is 45.7 Å². The molecule has 0 aromatic carbocycles. The summed E-state index contributed by atoms with van der Waals surface area (Å²) in [6.07, 6.45) is 4.21. The number of carbonyl (C=O) groups is 1. The Morgan fingerprint density at radius 2 is 1.88 bits per heavy atom. The van der Waals surface area contributed by atoms with Gasteiger partial charge in [-0.2, -0.15) is 0 Å². The normalized spacial score (nSPS) is 26.2. The fraction of sp³-hybridized carbons (Fsp3) is 0.700. The Morgan fingerprint density at radius 3 is 2.46 bits per heavy atom. The van der Waals surface area contributed by atoms with Crippen LogP contribution in [0.15, 0.2) is 12.3 Å². The molecule has 142 valence electrons. The number of hydrogen-bond donors (Lipinski definition) is 0. The predicted octanol–water partition coefficient (Wildman–Crippen LogP) is 3.91. The van der Waals surface area contributed by atoms with E-state index in [9.17, 15) is 4.79 Å². The van der Waals surface area contributed by atoms with Gasteiger partial charge in [-0.1, -0.05) is 11.6 Å². The summed E-state index contributed by atoms with van der Waals surface area (Å²) in [7, 11) is 0. The van der Waals surface area contributed by atoms with Crippen molar-refractivity contribution in [1.29, 1.82) is 0 Å². The minimum atomic E-state index is -0.429. The van der Waals surface area contributed by atoms with Gasteiger partial charge in [0.2, 0.25) is 0 Å². The van der Waals surface area contributed by atoms with Gasteiger partial charge in [0.15, 0.2) is 0 Å². The number of hydrogen-bond acceptors (Lipinski definition) is 4. The van der Waals surface area contributed by atoms with E-state index in [4.69, 9.17) is 16.3 Å². The lowest BCUT2D eigenvalue weighted by Gasteiger charge is -2.26. The van der Waals surface area contributed by atoms with Crippen molar-refractivity contribution >= 4 is 17.7 Å². The molecule has 1 saturated carbocycles. The molecule has 0 N–H and O–H groups in total. The van der Waals surface area contributed by atoms with Gasteiger partial charge in [-0.05, 0) is 68.6 Å². The van der Waals surface area contributed by atoms with Crippen molar-refractivity contribution in [1.82, 2.24) is 14.8 Å². The van der Waals surface area contributed by atoms with Crippen LogP contribution >= 0.6 is 11.6 Å². The average Bonchev–Trinajstić information content (AvgIpc) is 3.19. The summed E-state index contributed by atoms with van der Waals surface area (Å²) in [6, 6.07) is 2.24. The van der Waals surface area contributed by atoms with E-state index in [0.29, 0.717) is 22.9 Å². The number of fused-ring (bicyclic) bond motifs is 1. The number of amides is 1. The van der Waals surface area contributed by atoms with Crippen molar-refractivity contribution in [2.45, 2.75) is 51.7 Å². The molecule has 2 saturated heterocycles. The van der Waals surface area contributed by atoms with Crippen LogP contribution in [0.25, 0.3) is 0 Å². The molecule has 6 heteroatoms. The lowest BCUT2D eigenvalue weighted by atomic mass is 10.0. The molecule has 1 amide bonds. The van der Waals surface area contributed by atoms with Crippen LogP contribution in [0.5, 0.6) is 0 Å². The molecular weight excluding hydrogens is 350 g/mol. The Hall–Kier alpha value is -1.33. The van der Waals surface area contributed by atoms with Gasteiger partial charge in [-0.15, -0.1) is 0 Å². The van der Waals surface area contributed by atoms with Crippen molar-refractivity contribution in [2.75, 3.05) is 26.2 Å². The first-order chi connectivity index (χ1) is 12.3. The molecule has 3 aliphatic rings. The smallest absolute Gasteiger partial charge is 0.410 e. The van der Waals surface area contributed by atoms with Crippen LogP contribution < -0.4 is 0 Å². The first-order valence-electron chi connectivity index (χ1n) is 9.63. The number of aromatic nitrogens is 1. The Bertz CT molecular complexity index is 685. The van der Waals surface area contributed by atoms with Gasteiger partial charge in [0.1, 0.15) is 10.8 Å². The Labute approximate surface area is 160 Å². The molecule has 1 aromatic heterocycles. The van der Waals surface area contributed by atoms with E-state index >= 15 is 0 Å². The average molecular weight is 378 g/mol. The van der Waals surface area contributed by atoms with Crippen LogP contribution in [0.2, 0.25) is 5.15 Å². The zero-order valence-corrected chi connectivity index (χ0v) is 16.6. The predicted molar refractivity (Wildman–Crippen MR) is 101 cm³/mol. The van der Waals surface area contributed by atoms with E-state index in [1.54, 1.807) is 0 Å². The van der Waals surface area contributed by atoms with Crippen molar-refractivity contribution in [3.8, 4) is 0 Å². The number of pyridine rings is 1. The largest absolute Gasteiger partial charge is 0.444 e. The first kappa shape index (κ1) is 18.1. The highest BCUT2D eigenvalue weighted by Gasteiger charge is 2.42. The molecule has 0 unspecified atom stereocenters. The number of likely N-dealkylation sites (tertiary alicyclic amines) is 2. The van der Waals surface area contributed by atoms with Crippen LogP contribution in [0.3, 0.4) is 0 Å². The monoisotopic (exact) mass is 377 g/mol. The summed E-state index contributed by atoms with van der Waals surface area (Å²) >= 11 is 6.24. The van der Waals surface area contributed by atoms with E-state index in [-0.39, 0.29) is 6.09 Å². The van der Waals surface area contributed by atoms with Crippen LogP contribution in [0.4, 0.5) is 4.79 Å². The number of carbonyl (C=O) groups excluding carboxylic acids is 1. The molecule has 4 rings (SSSR count). The van der Waals surface area contributed by atoms with E-state index in [1.165, 1.54) is 24.0 Å². The maximum atomic E-state index is 12.3. The maximum absolute atomic E-state index is 12.3. The molecule has 3 fully saturated rings. The highest BCUT2D eigenvalue weighted by Crippen LogP contribution is 2.43.